The summed E-state index contributed by atoms with van der Waals surface area (Å²) < 4.78 is 4.60. The van der Waals surface area contributed by atoms with Crippen LogP contribution in [0.25, 0.3) is 0 Å². The molecule has 0 saturated heterocycles. The quantitative estimate of drug-likeness (QED) is 0.687. The van der Waals surface area contributed by atoms with E-state index in [2.05, 4.69) is 4.74 Å². The van der Waals surface area contributed by atoms with Gasteiger partial charge in [0.15, 0.2) is 0 Å². The summed E-state index contributed by atoms with van der Waals surface area (Å²) in [5.41, 5.74) is 5.65. The Balaban J connectivity index is 4.30. The van der Waals surface area contributed by atoms with E-state index in [1.807, 2.05) is 0 Å². The lowest BCUT2D eigenvalue weighted by Gasteiger charge is -2.25. The number of rotatable bonds is 5. The first-order valence-electron chi connectivity index (χ1n) is 5.39. The molecule has 0 fully saturated rings. The van der Waals surface area contributed by atoms with Gasteiger partial charge in [0, 0.05) is 19.6 Å². The summed E-state index contributed by atoms with van der Waals surface area (Å²) in [5.74, 6) is -0.923. The van der Waals surface area contributed by atoms with Crippen molar-refractivity contribution in [3.05, 3.63) is 0 Å². The second-order valence-electron chi connectivity index (χ2n) is 4.29. The van der Waals surface area contributed by atoms with E-state index in [0.717, 1.165) is 0 Å². The molecule has 2 N–H and O–H groups in total. The van der Waals surface area contributed by atoms with Crippen molar-refractivity contribution in [3.8, 4) is 0 Å². The zero-order valence-electron chi connectivity index (χ0n) is 10.7. The predicted octanol–water partition coefficient (Wildman–Crippen LogP) is 0.237. The highest BCUT2D eigenvalue weighted by Crippen LogP contribution is 2.08. The summed E-state index contributed by atoms with van der Waals surface area (Å²) in [7, 11) is 3.01. The van der Waals surface area contributed by atoms with Gasteiger partial charge in [-0.3, -0.25) is 9.59 Å². The number of esters is 1. The smallest absolute Gasteiger partial charge is 0.310 e. The van der Waals surface area contributed by atoms with Crippen molar-refractivity contribution in [2.75, 3.05) is 20.7 Å². The van der Waals surface area contributed by atoms with Crippen molar-refractivity contribution in [3.63, 3.8) is 0 Å². The van der Waals surface area contributed by atoms with Gasteiger partial charge < -0.3 is 15.4 Å². The van der Waals surface area contributed by atoms with E-state index in [-0.39, 0.29) is 29.8 Å². The molecule has 0 aromatic heterocycles. The van der Waals surface area contributed by atoms with Crippen LogP contribution in [0.1, 0.15) is 20.8 Å². The fraction of sp³-hybridized carbons (Fsp3) is 0.818. The Bertz CT molecular complexity index is 254. The molecule has 3 unspecified atom stereocenters. The van der Waals surface area contributed by atoms with Crippen molar-refractivity contribution >= 4 is 11.9 Å². The SMILES string of the molecule is COC(=O)C(C)CN(C)C(=O)C(C)C(C)N. The summed E-state index contributed by atoms with van der Waals surface area (Å²) in [5, 5.41) is 0. The van der Waals surface area contributed by atoms with Crippen molar-refractivity contribution < 1.29 is 14.3 Å². The van der Waals surface area contributed by atoms with Crippen LogP contribution in [-0.4, -0.2) is 43.5 Å². The molecule has 16 heavy (non-hydrogen) atoms. The Kier molecular flexibility index (Phi) is 6.03. The third-order valence-corrected chi connectivity index (χ3v) is 2.71. The standard InChI is InChI=1S/C11H22N2O3/c1-7(11(15)16-5)6-13(4)10(14)8(2)9(3)12/h7-9H,6,12H2,1-5H3. The normalized spacial score (nSPS) is 16.1. The summed E-state index contributed by atoms with van der Waals surface area (Å²) in [6.07, 6.45) is 0. The van der Waals surface area contributed by atoms with Gasteiger partial charge in [-0.1, -0.05) is 13.8 Å². The molecule has 0 aromatic carbocycles. The Hall–Kier alpha value is -1.10. The van der Waals surface area contributed by atoms with Gasteiger partial charge in [0.05, 0.1) is 18.9 Å². The van der Waals surface area contributed by atoms with Crippen molar-refractivity contribution in [1.29, 1.82) is 0 Å². The molecule has 0 heterocycles. The van der Waals surface area contributed by atoms with Crippen LogP contribution in [0.15, 0.2) is 0 Å². The summed E-state index contributed by atoms with van der Waals surface area (Å²) >= 11 is 0. The Morgan fingerprint density at radius 1 is 1.31 bits per heavy atom. The highest BCUT2D eigenvalue weighted by molar-refractivity contribution is 5.80. The molecule has 0 saturated carbocycles. The van der Waals surface area contributed by atoms with E-state index in [1.54, 1.807) is 27.8 Å². The number of carbonyl (C=O) groups is 2. The number of methoxy groups -OCH3 is 1. The summed E-state index contributed by atoms with van der Waals surface area (Å²) in [6.45, 7) is 5.65. The van der Waals surface area contributed by atoms with Gasteiger partial charge in [-0.2, -0.15) is 0 Å². The van der Waals surface area contributed by atoms with Gasteiger partial charge in [0.2, 0.25) is 5.91 Å². The minimum atomic E-state index is -0.320. The zero-order chi connectivity index (χ0) is 12.9. The first-order chi connectivity index (χ1) is 7.31. The van der Waals surface area contributed by atoms with Gasteiger partial charge in [0.25, 0.3) is 0 Å². The Labute approximate surface area is 96.9 Å². The topological polar surface area (TPSA) is 72.6 Å². The maximum absolute atomic E-state index is 11.8. The second-order valence-corrected chi connectivity index (χ2v) is 4.29. The number of hydrogen-bond donors (Lipinski definition) is 1. The van der Waals surface area contributed by atoms with Crippen LogP contribution in [0.4, 0.5) is 0 Å². The van der Waals surface area contributed by atoms with E-state index in [9.17, 15) is 9.59 Å². The van der Waals surface area contributed by atoms with Crippen molar-refractivity contribution in [1.82, 2.24) is 4.90 Å². The molecule has 3 atom stereocenters. The van der Waals surface area contributed by atoms with Gasteiger partial charge in [-0.15, -0.1) is 0 Å². The molecule has 5 heteroatoms. The number of ether oxygens (including phenoxy) is 1. The molecular formula is C11H22N2O3. The molecule has 0 rings (SSSR count). The fourth-order valence-corrected chi connectivity index (χ4v) is 1.35. The Morgan fingerprint density at radius 2 is 1.81 bits per heavy atom. The first kappa shape index (κ1) is 14.9. The fourth-order valence-electron chi connectivity index (χ4n) is 1.35. The third-order valence-electron chi connectivity index (χ3n) is 2.71. The van der Waals surface area contributed by atoms with Gasteiger partial charge in [-0.05, 0) is 6.92 Å². The molecule has 0 aliphatic heterocycles. The Morgan fingerprint density at radius 3 is 2.19 bits per heavy atom. The second kappa shape index (κ2) is 6.48. The van der Waals surface area contributed by atoms with E-state index < -0.39 is 0 Å². The first-order valence-corrected chi connectivity index (χ1v) is 5.39. The maximum atomic E-state index is 11.8. The lowest BCUT2D eigenvalue weighted by Crippen LogP contribution is -2.42. The highest BCUT2D eigenvalue weighted by Gasteiger charge is 2.24. The van der Waals surface area contributed by atoms with E-state index in [1.165, 1.54) is 12.0 Å². The van der Waals surface area contributed by atoms with Crippen LogP contribution in [-0.2, 0) is 14.3 Å². The van der Waals surface area contributed by atoms with Gasteiger partial charge >= 0.3 is 5.97 Å². The number of hydrogen-bond acceptors (Lipinski definition) is 4. The lowest BCUT2D eigenvalue weighted by molar-refractivity contribution is -0.146. The number of carbonyl (C=O) groups excluding carboxylic acids is 2. The zero-order valence-corrected chi connectivity index (χ0v) is 10.7. The van der Waals surface area contributed by atoms with E-state index in [0.29, 0.717) is 6.54 Å². The van der Waals surface area contributed by atoms with Crippen LogP contribution in [0.5, 0.6) is 0 Å². The van der Waals surface area contributed by atoms with Crippen LogP contribution < -0.4 is 5.73 Å². The molecule has 1 amide bonds. The molecule has 0 aliphatic carbocycles. The molecule has 0 aliphatic rings. The molecular weight excluding hydrogens is 208 g/mol. The summed E-state index contributed by atoms with van der Waals surface area (Å²) in [6, 6.07) is -0.191. The van der Waals surface area contributed by atoms with Crippen LogP contribution >= 0.6 is 0 Å². The maximum Gasteiger partial charge on any atom is 0.310 e. The average molecular weight is 230 g/mol. The van der Waals surface area contributed by atoms with E-state index in [4.69, 9.17) is 5.73 Å². The largest absolute Gasteiger partial charge is 0.469 e. The number of nitrogens with zero attached hydrogens (tertiary/aromatic N) is 1. The van der Waals surface area contributed by atoms with Crippen molar-refractivity contribution in [2.24, 2.45) is 17.6 Å². The summed E-state index contributed by atoms with van der Waals surface area (Å²) in [4.78, 5) is 24.5. The van der Waals surface area contributed by atoms with Crippen LogP contribution in [0, 0.1) is 11.8 Å². The van der Waals surface area contributed by atoms with Gasteiger partial charge in [-0.25, -0.2) is 0 Å². The van der Waals surface area contributed by atoms with Crippen LogP contribution in [0.2, 0.25) is 0 Å². The average Bonchev–Trinajstić information content (AvgIpc) is 2.25. The minimum absolute atomic E-state index is 0.0502. The molecule has 0 radical (unpaired) electrons. The van der Waals surface area contributed by atoms with Crippen LogP contribution in [0.3, 0.4) is 0 Å². The molecule has 0 aromatic rings. The van der Waals surface area contributed by atoms with Gasteiger partial charge in [0.1, 0.15) is 0 Å². The molecule has 0 bridgehead atoms. The monoisotopic (exact) mass is 230 g/mol. The lowest BCUT2D eigenvalue weighted by atomic mass is 10.0. The predicted molar refractivity (Wildman–Crippen MR) is 61.6 cm³/mol. The molecule has 0 spiro atoms. The highest BCUT2D eigenvalue weighted by atomic mass is 16.5. The van der Waals surface area contributed by atoms with E-state index >= 15 is 0 Å². The number of nitrogens with two attached hydrogens (primary N) is 1. The van der Waals surface area contributed by atoms with Crippen molar-refractivity contribution in [2.45, 2.75) is 26.8 Å². The number of amides is 1. The third kappa shape index (κ3) is 4.18. The molecule has 94 valence electrons. The minimum Gasteiger partial charge on any atom is -0.469 e. The molecule has 5 nitrogen and oxygen atoms in total.